The lowest BCUT2D eigenvalue weighted by Gasteiger charge is -2.05. The van der Waals surface area contributed by atoms with E-state index >= 15 is 0 Å². The summed E-state index contributed by atoms with van der Waals surface area (Å²) in [6, 6.07) is 18.5. The van der Waals surface area contributed by atoms with Gasteiger partial charge in [0.15, 0.2) is 0 Å². The molecule has 90 valence electrons. The van der Waals surface area contributed by atoms with E-state index in [9.17, 15) is 0 Å². The van der Waals surface area contributed by atoms with Gasteiger partial charge in [0.25, 0.3) is 0 Å². The van der Waals surface area contributed by atoms with E-state index in [4.69, 9.17) is 24.4 Å². The van der Waals surface area contributed by atoms with Gasteiger partial charge in [-0.15, -0.1) is 12.6 Å². The molecule has 0 fully saturated rings. The van der Waals surface area contributed by atoms with Crippen LogP contribution in [0.4, 0.5) is 0 Å². The molecular formula is C15H12S3. The second kappa shape index (κ2) is 6.23. The van der Waals surface area contributed by atoms with Gasteiger partial charge in [-0.05, 0) is 16.7 Å². The molecule has 0 amide bonds. The summed E-state index contributed by atoms with van der Waals surface area (Å²) in [6.07, 6.45) is 0.582. The maximum Gasteiger partial charge on any atom is 0.0500 e. The van der Waals surface area contributed by atoms with Crippen LogP contribution in [0.1, 0.15) is 12.0 Å². The van der Waals surface area contributed by atoms with E-state index in [0.717, 1.165) is 10.4 Å². The first-order chi connectivity index (χ1) is 8.66. The van der Waals surface area contributed by atoms with Crippen molar-refractivity contribution in [2.45, 2.75) is 6.42 Å². The van der Waals surface area contributed by atoms with Crippen molar-refractivity contribution < 1.29 is 0 Å². The molecule has 0 nitrogen and oxygen atoms in total. The number of hydrogen-bond acceptors (Lipinski definition) is 2. The van der Waals surface area contributed by atoms with Gasteiger partial charge < -0.3 is 0 Å². The Morgan fingerprint density at radius 1 is 0.833 bits per heavy atom. The predicted octanol–water partition coefficient (Wildman–Crippen LogP) is 4.72. The van der Waals surface area contributed by atoms with Crippen LogP contribution in [0.25, 0.3) is 11.1 Å². The highest BCUT2D eigenvalue weighted by atomic mass is 32.1. The zero-order chi connectivity index (χ0) is 13.0. The minimum atomic E-state index is 0.582. The molecule has 0 aliphatic heterocycles. The Morgan fingerprint density at radius 2 is 1.39 bits per heavy atom. The van der Waals surface area contributed by atoms with Gasteiger partial charge in [0.2, 0.25) is 0 Å². The molecule has 0 heterocycles. The Balaban J connectivity index is 2.20. The summed E-state index contributed by atoms with van der Waals surface area (Å²) in [5.41, 5.74) is 3.44. The summed E-state index contributed by atoms with van der Waals surface area (Å²) >= 11 is 14.4. The van der Waals surface area contributed by atoms with E-state index in [-0.39, 0.29) is 0 Å². The third-order valence-electron chi connectivity index (χ3n) is 2.63. The highest BCUT2D eigenvalue weighted by Crippen LogP contribution is 2.20. The zero-order valence-electron chi connectivity index (χ0n) is 9.67. The van der Waals surface area contributed by atoms with Crippen LogP contribution in [-0.4, -0.2) is 9.06 Å². The molecule has 18 heavy (non-hydrogen) atoms. The number of thiol groups is 1. The first kappa shape index (κ1) is 13.4. The topological polar surface area (TPSA) is 0 Å². The zero-order valence-corrected chi connectivity index (χ0v) is 12.2. The maximum absolute atomic E-state index is 5.32. The summed E-state index contributed by atoms with van der Waals surface area (Å²) in [4.78, 5) is 0.842. The number of thiocarbonyl (C=S) groups is 2. The molecular weight excluding hydrogens is 276 g/mol. The van der Waals surface area contributed by atoms with E-state index in [1.807, 2.05) is 30.3 Å². The van der Waals surface area contributed by atoms with E-state index in [1.54, 1.807) is 0 Å². The summed E-state index contributed by atoms with van der Waals surface area (Å²) in [5, 5.41) is 0. The van der Waals surface area contributed by atoms with Crippen LogP contribution < -0.4 is 0 Å². The molecule has 0 saturated carbocycles. The molecule has 2 rings (SSSR count). The summed E-state index contributed by atoms with van der Waals surface area (Å²) < 4.78 is 0.632. The Hall–Kier alpha value is -1.03. The fourth-order valence-electron chi connectivity index (χ4n) is 1.72. The molecule has 3 heteroatoms. The van der Waals surface area contributed by atoms with Crippen LogP contribution in [0.5, 0.6) is 0 Å². The van der Waals surface area contributed by atoms with E-state index in [1.165, 1.54) is 11.1 Å². The SMILES string of the molecule is S=C(S)CC(=S)c1ccc(-c2ccccc2)cc1. The third kappa shape index (κ3) is 3.48. The molecule has 2 aromatic carbocycles. The van der Waals surface area contributed by atoms with Crippen LogP contribution in [0.3, 0.4) is 0 Å². The molecule has 0 unspecified atom stereocenters. The van der Waals surface area contributed by atoms with Crippen molar-refractivity contribution in [2.75, 3.05) is 0 Å². The lowest BCUT2D eigenvalue weighted by Crippen LogP contribution is -2.00. The first-order valence-corrected chi connectivity index (χ1v) is 6.83. The minimum Gasteiger partial charge on any atom is -0.136 e. The molecule has 0 aliphatic carbocycles. The van der Waals surface area contributed by atoms with Gasteiger partial charge in [-0.2, -0.15) is 0 Å². The van der Waals surface area contributed by atoms with Gasteiger partial charge in [-0.3, -0.25) is 0 Å². The lowest BCUT2D eigenvalue weighted by atomic mass is 10.0. The van der Waals surface area contributed by atoms with Crippen LogP contribution in [0.15, 0.2) is 54.6 Å². The summed E-state index contributed by atoms with van der Waals surface area (Å²) in [7, 11) is 0. The van der Waals surface area contributed by atoms with Crippen LogP contribution in [0, 0.1) is 0 Å². The molecule has 2 aromatic rings. The molecule has 0 saturated heterocycles. The standard InChI is InChI=1S/C15H12S3/c16-14(10-15(17)18)13-8-6-12(7-9-13)11-4-2-1-3-5-11/h1-9H,10H2,(H,17,18). The number of benzene rings is 2. The molecule has 0 bridgehead atoms. The molecule has 0 radical (unpaired) electrons. The fraction of sp³-hybridized carbons (Fsp3) is 0.0667. The van der Waals surface area contributed by atoms with Gasteiger partial charge in [0.1, 0.15) is 0 Å². The highest BCUT2D eigenvalue weighted by molar-refractivity contribution is 8.11. The molecule has 0 atom stereocenters. The molecule has 0 N–H and O–H groups in total. The quantitative estimate of drug-likeness (QED) is 0.491. The van der Waals surface area contributed by atoms with Crippen molar-refractivity contribution in [3.05, 3.63) is 60.2 Å². The average molecular weight is 288 g/mol. The molecule has 0 aliphatic rings. The highest BCUT2D eigenvalue weighted by Gasteiger charge is 2.03. The largest absolute Gasteiger partial charge is 0.136 e. The fourth-order valence-corrected chi connectivity index (χ4v) is 2.50. The average Bonchev–Trinajstić information content (AvgIpc) is 2.39. The van der Waals surface area contributed by atoms with Crippen molar-refractivity contribution in [3.8, 4) is 11.1 Å². The van der Waals surface area contributed by atoms with Crippen molar-refractivity contribution in [2.24, 2.45) is 0 Å². The Kier molecular flexibility index (Phi) is 4.64. The van der Waals surface area contributed by atoms with Crippen LogP contribution in [0.2, 0.25) is 0 Å². The van der Waals surface area contributed by atoms with E-state index in [0.29, 0.717) is 10.6 Å². The number of hydrogen-bond donors (Lipinski definition) is 1. The second-order valence-corrected chi connectivity index (χ2v) is 5.77. The normalized spacial score (nSPS) is 10.1. The van der Waals surface area contributed by atoms with Crippen LogP contribution in [-0.2, 0) is 0 Å². The minimum absolute atomic E-state index is 0.582. The van der Waals surface area contributed by atoms with E-state index < -0.39 is 0 Å². The van der Waals surface area contributed by atoms with Gasteiger partial charge in [-0.25, -0.2) is 0 Å². The van der Waals surface area contributed by atoms with Crippen LogP contribution >= 0.6 is 37.1 Å². The number of rotatable bonds is 4. The predicted molar refractivity (Wildman–Crippen MR) is 89.8 cm³/mol. The van der Waals surface area contributed by atoms with Crippen molar-refractivity contribution in [1.29, 1.82) is 0 Å². The maximum atomic E-state index is 5.32. The lowest BCUT2D eigenvalue weighted by molar-refractivity contribution is 1.58. The Morgan fingerprint density at radius 3 is 1.94 bits per heavy atom. The smallest absolute Gasteiger partial charge is 0.0500 e. The monoisotopic (exact) mass is 288 g/mol. The van der Waals surface area contributed by atoms with Gasteiger partial charge in [-0.1, -0.05) is 79.0 Å². The second-order valence-electron chi connectivity index (χ2n) is 3.94. The van der Waals surface area contributed by atoms with Crippen molar-refractivity contribution in [3.63, 3.8) is 0 Å². The van der Waals surface area contributed by atoms with Crippen molar-refractivity contribution >= 4 is 46.1 Å². The summed E-state index contributed by atoms with van der Waals surface area (Å²) in [5.74, 6) is 0. The van der Waals surface area contributed by atoms with Crippen molar-refractivity contribution in [1.82, 2.24) is 0 Å². The van der Waals surface area contributed by atoms with Gasteiger partial charge in [0, 0.05) is 11.3 Å². The summed E-state index contributed by atoms with van der Waals surface area (Å²) in [6.45, 7) is 0. The molecule has 0 aromatic heterocycles. The van der Waals surface area contributed by atoms with Gasteiger partial charge in [0.05, 0.1) is 4.20 Å². The third-order valence-corrected chi connectivity index (χ3v) is 3.31. The Labute approximate surface area is 123 Å². The van der Waals surface area contributed by atoms with E-state index in [2.05, 4.69) is 36.9 Å². The Bertz CT molecular complexity index is 556. The van der Waals surface area contributed by atoms with Gasteiger partial charge >= 0.3 is 0 Å². The first-order valence-electron chi connectivity index (χ1n) is 5.57. The molecule has 0 spiro atoms.